The molecule has 0 aliphatic rings. The number of rotatable bonds is 7. The van der Waals surface area contributed by atoms with Crippen molar-refractivity contribution in [3.63, 3.8) is 0 Å². The molecule has 1 heterocycles. The summed E-state index contributed by atoms with van der Waals surface area (Å²) in [5, 5.41) is 2.67. The Labute approximate surface area is 112 Å². The molecule has 108 valence electrons. The summed E-state index contributed by atoms with van der Waals surface area (Å²) in [6.07, 6.45) is 2.47. The molecule has 0 aromatic carbocycles. The zero-order valence-corrected chi connectivity index (χ0v) is 12.2. The van der Waals surface area contributed by atoms with Crippen molar-refractivity contribution in [3.05, 3.63) is 18.3 Å². The van der Waals surface area contributed by atoms with Gasteiger partial charge in [-0.3, -0.25) is 0 Å². The van der Waals surface area contributed by atoms with E-state index in [0.717, 1.165) is 6.26 Å². The predicted octanol–water partition coefficient (Wildman–Crippen LogP) is -1.05. The minimum Gasteiger partial charge on any atom is -0.372 e. The maximum Gasteiger partial charge on any atom is 0.244 e. The number of nitrogens with one attached hydrogen (secondary N) is 3. The quantitative estimate of drug-likeness (QED) is 0.553. The normalized spacial score (nSPS) is 12.3. The van der Waals surface area contributed by atoms with E-state index in [4.69, 9.17) is 0 Å². The highest BCUT2D eigenvalue weighted by Crippen LogP contribution is 2.16. The lowest BCUT2D eigenvalue weighted by atomic mass is 10.5. The van der Waals surface area contributed by atoms with Crippen molar-refractivity contribution >= 4 is 25.9 Å². The molecule has 1 aromatic rings. The maximum atomic E-state index is 12.0. The van der Waals surface area contributed by atoms with E-state index in [1.54, 1.807) is 7.05 Å². The highest BCUT2D eigenvalue weighted by Gasteiger charge is 2.18. The standard InChI is InChI=1S/C9H16N4O4S2/c1-10-9-8(4-3-5-11-9)19(16,17)13-7-6-12-18(2,14)15/h3-5,12-13H,6-7H2,1-2H3,(H,10,11). The smallest absolute Gasteiger partial charge is 0.244 e. The molecular formula is C9H16N4O4S2. The first-order valence-corrected chi connectivity index (χ1v) is 8.71. The van der Waals surface area contributed by atoms with E-state index < -0.39 is 20.0 Å². The van der Waals surface area contributed by atoms with Gasteiger partial charge in [0.05, 0.1) is 6.26 Å². The largest absolute Gasteiger partial charge is 0.372 e. The van der Waals surface area contributed by atoms with Crippen molar-refractivity contribution < 1.29 is 16.8 Å². The van der Waals surface area contributed by atoms with E-state index in [2.05, 4.69) is 19.7 Å². The third-order valence-electron chi connectivity index (χ3n) is 2.08. The van der Waals surface area contributed by atoms with Crippen LogP contribution in [0.2, 0.25) is 0 Å². The van der Waals surface area contributed by atoms with Gasteiger partial charge < -0.3 is 5.32 Å². The number of hydrogen-bond acceptors (Lipinski definition) is 6. The van der Waals surface area contributed by atoms with Gasteiger partial charge in [-0.05, 0) is 12.1 Å². The van der Waals surface area contributed by atoms with Crippen LogP contribution in [0.4, 0.5) is 5.82 Å². The Kier molecular flexibility index (Phi) is 5.23. The lowest BCUT2D eigenvalue weighted by Crippen LogP contribution is -2.34. The fraction of sp³-hybridized carbons (Fsp3) is 0.444. The summed E-state index contributed by atoms with van der Waals surface area (Å²) >= 11 is 0. The monoisotopic (exact) mass is 308 g/mol. The number of anilines is 1. The van der Waals surface area contributed by atoms with Crippen molar-refractivity contribution in [3.8, 4) is 0 Å². The highest BCUT2D eigenvalue weighted by atomic mass is 32.2. The van der Waals surface area contributed by atoms with Crippen molar-refractivity contribution in [2.45, 2.75) is 4.90 Å². The van der Waals surface area contributed by atoms with E-state index in [9.17, 15) is 16.8 Å². The molecule has 19 heavy (non-hydrogen) atoms. The second kappa shape index (κ2) is 6.28. The number of hydrogen-bond donors (Lipinski definition) is 3. The average Bonchev–Trinajstić information content (AvgIpc) is 2.33. The third kappa shape index (κ3) is 5.11. The first kappa shape index (κ1) is 15.8. The number of aromatic nitrogens is 1. The molecule has 0 saturated heterocycles. The molecule has 0 unspecified atom stereocenters. The Morgan fingerprint density at radius 2 is 1.79 bits per heavy atom. The Bertz CT molecular complexity index is 627. The molecule has 10 heteroatoms. The first-order chi connectivity index (χ1) is 8.76. The minimum absolute atomic E-state index is 0.0110. The fourth-order valence-electron chi connectivity index (χ4n) is 1.29. The van der Waals surface area contributed by atoms with E-state index in [1.165, 1.54) is 18.3 Å². The van der Waals surface area contributed by atoms with E-state index in [1.807, 2.05) is 0 Å². The molecule has 0 amide bonds. The predicted molar refractivity (Wildman–Crippen MR) is 71.8 cm³/mol. The molecule has 0 spiro atoms. The average molecular weight is 308 g/mol. The van der Waals surface area contributed by atoms with Crippen LogP contribution < -0.4 is 14.8 Å². The van der Waals surface area contributed by atoms with Crippen LogP contribution in [0.25, 0.3) is 0 Å². The van der Waals surface area contributed by atoms with E-state index >= 15 is 0 Å². The maximum absolute atomic E-state index is 12.0. The van der Waals surface area contributed by atoms with Crippen molar-refractivity contribution in [1.29, 1.82) is 0 Å². The summed E-state index contributed by atoms with van der Waals surface area (Å²) in [7, 11) is -5.50. The van der Waals surface area contributed by atoms with Gasteiger partial charge in [0.1, 0.15) is 10.7 Å². The number of nitrogens with zero attached hydrogens (tertiary/aromatic N) is 1. The molecule has 0 aliphatic heterocycles. The molecule has 0 atom stereocenters. The zero-order chi connectivity index (χ0) is 14.5. The molecule has 1 aromatic heterocycles. The SMILES string of the molecule is CNc1ncccc1S(=O)(=O)NCCNS(C)(=O)=O. The summed E-state index contributed by atoms with van der Waals surface area (Å²) in [6, 6.07) is 2.91. The zero-order valence-electron chi connectivity index (χ0n) is 10.5. The molecule has 0 saturated carbocycles. The van der Waals surface area contributed by atoms with Gasteiger partial charge in [0.25, 0.3) is 0 Å². The highest BCUT2D eigenvalue weighted by molar-refractivity contribution is 7.89. The van der Waals surface area contributed by atoms with Crippen LogP contribution in [-0.2, 0) is 20.0 Å². The van der Waals surface area contributed by atoms with E-state index in [-0.39, 0.29) is 23.8 Å². The summed E-state index contributed by atoms with van der Waals surface area (Å²) in [5.41, 5.74) is 0. The van der Waals surface area contributed by atoms with Crippen molar-refractivity contribution in [2.75, 3.05) is 31.7 Å². The van der Waals surface area contributed by atoms with Crippen molar-refractivity contribution in [2.24, 2.45) is 0 Å². The van der Waals surface area contributed by atoms with Crippen LogP contribution in [0.5, 0.6) is 0 Å². The molecular weight excluding hydrogens is 292 g/mol. The Balaban J connectivity index is 2.71. The Hall–Kier alpha value is -1.23. The number of pyridine rings is 1. The second-order valence-corrected chi connectivity index (χ2v) is 7.23. The summed E-state index contributed by atoms with van der Waals surface area (Å²) in [4.78, 5) is 3.90. The molecule has 0 aliphatic carbocycles. The van der Waals surface area contributed by atoms with Crippen molar-refractivity contribution in [1.82, 2.24) is 14.4 Å². The molecule has 8 nitrogen and oxygen atoms in total. The van der Waals surface area contributed by atoms with Gasteiger partial charge in [0.15, 0.2) is 0 Å². The van der Waals surface area contributed by atoms with E-state index in [0.29, 0.717) is 0 Å². The Morgan fingerprint density at radius 1 is 1.16 bits per heavy atom. The van der Waals surface area contributed by atoms with Crippen LogP contribution in [0, 0.1) is 0 Å². The topological polar surface area (TPSA) is 117 Å². The number of sulfonamides is 2. The third-order valence-corrected chi connectivity index (χ3v) is 4.30. The van der Waals surface area contributed by atoms with Crippen LogP contribution in [-0.4, -0.2) is 48.2 Å². The van der Waals surface area contributed by atoms with Gasteiger partial charge in [-0.15, -0.1) is 0 Å². The molecule has 3 N–H and O–H groups in total. The first-order valence-electron chi connectivity index (χ1n) is 5.33. The molecule has 0 fully saturated rings. The summed E-state index contributed by atoms with van der Waals surface area (Å²) < 4.78 is 50.0. The lowest BCUT2D eigenvalue weighted by molar-refractivity contribution is 0.573. The molecule has 1 rings (SSSR count). The molecule has 0 bridgehead atoms. The molecule has 0 radical (unpaired) electrons. The van der Waals surface area contributed by atoms with Crippen LogP contribution >= 0.6 is 0 Å². The Morgan fingerprint density at radius 3 is 2.37 bits per heavy atom. The van der Waals surface area contributed by atoms with Gasteiger partial charge in [-0.1, -0.05) is 0 Å². The van der Waals surface area contributed by atoms with Gasteiger partial charge in [0.2, 0.25) is 20.0 Å². The lowest BCUT2D eigenvalue weighted by Gasteiger charge is -2.10. The van der Waals surface area contributed by atoms with Crippen LogP contribution in [0.15, 0.2) is 23.2 Å². The van der Waals surface area contributed by atoms with Gasteiger partial charge in [-0.2, -0.15) is 0 Å². The van der Waals surface area contributed by atoms with Crippen LogP contribution in [0.3, 0.4) is 0 Å². The van der Waals surface area contributed by atoms with Crippen LogP contribution in [0.1, 0.15) is 0 Å². The van der Waals surface area contributed by atoms with Gasteiger partial charge in [-0.25, -0.2) is 31.3 Å². The van der Waals surface area contributed by atoms with Gasteiger partial charge in [0, 0.05) is 26.3 Å². The fourth-order valence-corrected chi connectivity index (χ4v) is 2.96. The summed E-state index contributed by atoms with van der Waals surface area (Å²) in [5.74, 6) is 0.228. The second-order valence-electron chi connectivity index (χ2n) is 3.66. The van der Waals surface area contributed by atoms with Gasteiger partial charge >= 0.3 is 0 Å². The summed E-state index contributed by atoms with van der Waals surface area (Å²) in [6.45, 7) is -0.0688. The minimum atomic E-state index is -3.73.